The summed E-state index contributed by atoms with van der Waals surface area (Å²) in [6.07, 6.45) is 7.22. The molecule has 0 aromatic heterocycles. The number of ether oxygens (including phenoxy) is 1. The molecule has 7 rings (SSSR count). The summed E-state index contributed by atoms with van der Waals surface area (Å²) >= 11 is 0. The lowest BCUT2D eigenvalue weighted by Gasteiger charge is -2.59. The van der Waals surface area contributed by atoms with Crippen LogP contribution in [0.1, 0.15) is 62.6 Å². The quantitative estimate of drug-likeness (QED) is 0.200. The molecule has 7 nitrogen and oxygen atoms in total. The lowest BCUT2D eigenvalue weighted by molar-refractivity contribution is -0.181. The van der Waals surface area contributed by atoms with Crippen molar-refractivity contribution in [1.29, 1.82) is 0 Å². The summed E-state index contributed by atoms with van der Waals surface area (Å²) in [5, 5.41) is 27.3. The van der Waals surface area contributed by atoms with Crippen molar-refractivity contribution < 1.29 is 29.3 Å². The summed E-state index contributed by atoms with van der Waals surface area (Å²) in [5.74, 6) is -1.15. The number of nitrogens with one attached hydrogen (secondary N) is 1. The van der Waals surface area contributed by atoms with Gasteiger partial charge in [0.05, 0.1) is 18.2 Å². The molecule has 0 saturated heterocycles. The highest BCUT2D eigenvalue weighted by Crippen LogP contribution is 2.67. The third-order valence-corrected chi connectivity index (χ3v) is 12.6. The Hall–Kier alpha value is -4.17. The monoisotopic (exact) mass is 659 g/mol. The standard InChI is InChI=1S/C42H45NO6/c1-39-22-20-32(44)24-31(39)18-19-33-34-21-23-41(48,40(34,2)25-35(45)38(33)39)36(46)27-49-37(47)26-43-42(28-12-6-3-7-13-28,29-14-8-4-9-15-29)30-16-10-5-11-17-30/h3-17,20,22,24,33-35,38,43,45,48H,18-19,21,23,25-27H2,1-2H3/t33-,34-,35?,38+,39-,40-,41-/m0/s1. The first-order valence-corrected chi connectivity index (χ1v) is 17.5. The van der Waals surface area contributed by atoms with Gasteiger partial charge in [0.25, 0.3) is 0 Å². The van der Waals surface area contributed by atoms with Gasteiger partial charge in [-0.25, -0.2) is 0 Å². The maximum Gasteiger partial charge on any atom is 0.320 e. The Labute approximate surface area is 288 Å². The van der Waals surface area contributed by atoms with Gasteiger partial charge >= 0.3 is 5.97 Å². The Morgan fingerprint density at radius 1 is 0.898 bits per heavy atom. The van der Waals surface area contributed by atoms with Gasteiger partial charge in [0.2, 0.25) is 5.78 Å². The van der Waals surface area contributed by atoms with Crippen LogP contribution in [-0.4, -0.2) is 52.6 Å². The summed E-state index contributed by atoms with van der Waals surface area (Å²) in [7, 11) is 0. The number of rotatable bonds is 9. The van der Waals surface area contributed by atoms with Crippen molar-refractivity contribution in [2.45, 2.75) is 63.2 Å². The van der Waals surface area contributed by atoms with E-state index >= 15 is 0 Å². The van der Waals surface area contributed by atoms with Crippen LogP contribution >= 0.6 is 0 Å². The van der Waals surface area contributed by atoms with Crippen LogP contribution in [0.4, 0.5) is 0 Å². The fourth-order valence-electron chi connectivity index (χ4n) is 10.2. The zero-order valence-corrected chi connectivity index (χ0v) is 28.2. The number of aliphatic hydroxyl groups excluding tert-OH is 1. The van der Waals surface area contributed by atoms with Crippen LogP contribution in [0.2, 0.25) is 0 Å². The molecule has 0 bridgehead atoms. The third kappa shape index (κ3) is 5.34. The van der Waals surface area contributed by atoms with E-state index in [9.17, 15) is 24.6 Å². The average Bonchev–Trinajstić information content (AvgIpc) is 3.39. The number of esters is 1. The highest BCUT2D eigenvalue weighted by molar-refractivity contribution is 6.01. The fourth-order valence-corrected chi connectivity index (χ4v) is 10.2. The molecule has 0 heterocycles. The Bertz CT molecular complexity index is 1690. The molecule has 254 valence electrons. The van der Waals surface area contributed by atoms with Crippen LogP contribution in [0.3, 0.4) is 0 Å². The SMILES string of the molecule is C[C@]12C=CC(=O)C=C1CC[C@@H]1[C@@H]2C(O)C[C@@]2(C)[C@H]1CC[C@]2(O)C(=O)COC(=O)CNC(c1ccccc1)(c1ccccc1)c1ccccc1. The van der Waals surface area contributed by atoms with E-state index in [1.54, 1.807) is 12.2 Å². The number of benzene rings is 3. The third-order valence-electron chi connectivity index (χ3n) is 12.6. The Balaban J connectivity index is 1.08. The minimum absolute atomic E-state index is 0.0138. The molecule has 1 unspecified atom stereocenters. The highest BCUT2D eigenvalue weighted by atomic mass is 16.5. The summed E-state index contributed by atoms with van der Waals surface area (Å²) in [6.45, 7) is 3.30. The van der Waals surface area contributed by atoms with Crippen molar-refractivity contribution in [1.82, 2.24) is 5.32 Å². The predicted octanol–water partition coefficient (Wildman–Crippen LogP) is 5.69. The maximum atomic E-state index is 13.9. The molecule has 0 amide bonds. The zero-order valence-electron chi connectivity index (χ0n) is 28.2. The lowest BCUT2D eigenvalue weighted by atomic mass is 9.46. The van der Waals surface area contributed by atoms with Crippen molar-refractivity contribution in [3.63, 3.8) is 0 Å². The number of carbonyl (C=O) groups is 3. The lowest BCUT2D eigenvalue weighted by Crippen LogP contribution is -2.61. The molecule has 7 heteroatoms. The molecule has 4 aliphatic carbocycles. The van der Waals surface area contributed by atoms with Crippen LogP contribution in [0, 0.1) is 28.6 Å². The van der Waals surface area contributed by atoms with Crippen molar-refractivity contribution in [2.75, 3.05) is 13.2 Å². The first-order chi connectivity index (χ1) is 23.5. The van der Waals surface area contributed by atoms with Crippen molar-refractivity contribution in [2.24, 2.45) is 28.6 Å². The van der Waals surface area contributed by atoms with Crippen molar-refractivity contribution in [3.05, 3.63) is 131 Å². The van der Waals surface area contributed by atoms with Crippen LogP contribution < -0.4 is 5.32 Å². The highest BCUT2D eigenvalue weighted by Gasteiger charge is 2.68. The molecule has 3 N–H and O–H groups in total. The number of ketones is 2. The second kappa shape index (κ2) is 12.6. The van der Waals surface area contributed by atoms with Gasteiger partial charge in [-0.2, -0.15) is 0 Å². The largest absolute Gasteiger partial charge is 0.457 e. The number of hydrogen-bond donors (Lipinski definition) is 3. The Kier molecular flexibility index (Phi) is 8.58. The number of hydrogen-bond acceptors (Lipinski definition) is 7. The van der Waals surface area contributed by atoms with Crippen molar-refractivity contribution in [3.8, 4) is 0 Å². The van der Waals surface area contributed by atoms with E-state index in [2.05, 4.69) is 12.2 Å². The molecular formula is C42H45NO6. The van der Waals surface area contributed by atoms with E-state index in [0.29, 0.717) is 6.42 Å². The number of carbonyl (C=O) groups excluding carboxylic acids is 3. The molecular weight excluding hydrogens is 614 g/mol. The summed E-state index contributed by atoms with van der Waals surface area (Å²) < 4.78 is 5.62. The average molecular weight is 660 g/mol. The molecule has 0 aliphatic heterocycles. The number of aliphatic hydroxyl groups is 2. The number of Topliss-reactive ketones (excluding diaryl/α,β-unsaturated/α-hetero) is 1. The van der Waals surface area contributed by atoms with E-state index in [4.69, 9.17) is 4.74 Å². The van der Waals surface area contributed by atoms with Gasteiger partial charge < -0.3 is 14.9 Å². The molecule has 49 heavy (non-hydrogen) atoms. The molecule has 3 fully saturated rings. The molecule has 3 saturated carbocycles. The van der Waals surface area contributed by atoms with Gasteiger partial charge in [0.1, 0.15) is 5.60 Å². The number of fused-ring (bicyclic) bond motifs is 5. The van der Waals surface area contributed by atoms with E-state index in [0.717, 1.165) is 35.1 Å². The summed E-state index contributed by atoms with van der Waals surface area (Å²) in [5.41, 5.74) is -0.0154. The normalized spacial score (nSPS) is 32.0. The molecule has 4 aliphatic rings. The van der Waals surface area contributed by atoms with Gasteiger partial charge in [-0.05, 0) is 72.8 Å². The first kappa shape index (κ1) is 33.3. The van der Waals surface area contributed by atoms with Gasteiger partial charge in [-0.1, -0.05) is 116 Å². The molecule has 7 atom stereocenters. The second-order valence-corrected chi connectivity index (χ2v) is 14.9. The van der Waals surface area contributed by atoms with E-state index < -0.39 is 46.4 Å². The topological polar surface area (TPSA) is 113 Å². The molecule has 0 spiro atoms. The van der Waals surface area contributed by atoms with E-state index in [-0.39, 0.29) is 42.9 Å². The molecule has 0 radical (unpaired) electrons. The Morgan fingerprint density at radius 3 is 2.04 bits per heavy atom. The van der Waals surface area contributed by atoms with Crippen LogP contribution in [-0.2, 0) is 24.7 Å². The second-order valence-electron chi connectivity index (χ2n) is 14.9. The summed E-state index contributed by atoms with van der Waals surface area (Å²) in [6, 6.07) is 29.8. The molecule has 3 aromatic rings. The van der Waals surface area contributed by atoms with Crippen molar-refractivity contribution >= 4 is 17.5 Å². The minimum Gasteiger partial charge on any atom is -0.457 e. The van der Waals surface area contributed by atoms with Crippen LogP contribution in [0.15, 0.2) is 115 Å². The number of allylic oxidation sites excluding steroid dienone is 4. The smallest absolute Gasteiger partial charge is 0.320 e. The maximum absolute atomic E-state index is 13.9. The Morgan fingerprint density at radius 2 is 1.47 bits per heavy atom. The zero-order chi connectivity index (χ0) is 34.4. The van der Waals surface area contributed by atoms with Crippen LogP contribution in [0.25, 0.3) is 0 Å². The van der Waals surface area contributed by atoms with Gasteiger partial charge in [-0.15, -0.1) is 0 Å². The first-order valence-electron chi connectivity index (χ1n) is 17.5. The van der Waals surface area contributed by atoms with E-state index in [1.807, 2.05) is 104 Å². The fraction of sp³-hybridized carbons (Fsp3) is 0.405. The van der Waals surface area contributed by atoms with Crippen LogP contribution in [0.5, 0.6) is 0 Å². The minimum atomic E-state index is -1.73. The van der Waals surface area contributed by atoms with Gasteiger partial charge in [0, 0.05) is 16.7 Å². The summed E-state index contributed by atoms with van der Waals surface area (Å²) in [4.78, 5) is 39.5. The van der Waals surface area contributed by atoms with Gasteiger partial charge in [0.15, 0.2) is 12.4 Å². The predicted molar refractivity (Wildman–Crippen MR) is 186 cm³/mol. The van der Waals surface area contributed by atoms with E-state index in [1.165, 1.54) is 0 Å². The molecule has 3 aromatic carbocycles. The van der Waals surface area contributed by atoms with Gasteiger partial charge in [-0.3, -0.25) is 19.7 Å².